The third kappa shape index (κ3) is 3.85. The summed E-state index contributed by atoms with van der Waals surface area (Å²) in [5.41, 5.74) is -8.65. The van der Waals surface area contributed by atoms with Gasteiger partial charge in [0.05, 0.1) is 19.3 Å². The van der Waals surface area contributed by atoms with Gasteiger partial charge >= 0.3 is 0 Å². The largest absolute Gasteiger partial charge is 0.504 e. The summed E-state index contributed by atoms with van der Waals surface area (Å²) >= 11 is 0. The number of carbonyl (C=O) groups is 1. The van der Waals surface area contributed by atoms with Crippen LogP contribution in [0.15, 0.2) is 72.0 Å². The fourth-order valence-electron chi connectivity index (χ4n) is 8.54. The summed E-state index contributed by atoms with van der Waals surface area (Å²) in [5, 5.41) is 47.4. The van der Waals surface area contributed by atoms with E-state index in [0.717, 1.165) is 11.1 Å². The molecule has 6 rings (SSSR count). The molecule has 2 saturated carbocycles. The van der Waals surface area contributed by atoms with Crippen molar-refractivity contribution in [3.63, 3.8) is 0 Å². The first-order chi connectivity index (χ1) is 20.5. The quantitative estimate of drug-likeness (QED) is 0.238. The molecular weight excluding hydrogens is 556 g/mol. The normalized spacial score (nSPS) is 40.0. The second kappa shape index (κ2) is 10.7. The van der Waals surface area contributed by atoms with Crippen LogP contribution >= 0.6 is 0 Å². The Hall–Kier alpha value is -2.67. The third-order valence-electron chi connectivity index (χ3n) is 10.5. The zero-order valence-corrected chi connectivity index (χ0v) is 24.7. The van der Waals surface area contributed by atoms with Gasteiger partial charge in [0.1, 0.15) is 19.2 Å². The van der Waals surface area contributed by atoms with E-state index in [1.807, 2.05) is 67.6 Å². The Balaban J connectivity index is 1.40. The van der Waals surface area contributed by atoms with Gasteiger partial charge in [0.2, 0.25) is 5.78 Å². The van der Waals surface area contributed by atoms with Gasteiger partial charge in [0, 0.05) is 17.4 Å². The predicted octanol–water partition coefficient (Wildman–Crippen LogP) is 3.28. The summed E-state index contributed by atoms with van der Waals surface area (Å²) in [5.74, 6) is -2.07. The molecule has 0 radical (unpaired) electrons. The van der Waals surface area contributed by atoms with Gasteiger partial charge in [-0.25, -0.2) is 0 Å². The minimum atomic E-state index is -2.60. The minimum absolute atomic E-state index is 0.163. The molecule has 3 fully saturated rings. The molecule has 0 amide bonds. The number of Topliss-reactive ketones (excluding diaryl/α,β-unsaturated/α-hetero) is 1. The molecule has 2 aromatic rings. The SMILES string of the molecule is CC1=C(O)C(=O)C2(O)C1(O)C13OC(O)CC2(C)[C@@]1(OCOCc1ccccc1)CCC(C)C3OCOCc1ccccc1. The summed E-state index contributed by atoms with van der Waals surface area (Å²) < 4.78 is 31.1. The molecule has 10 nitrogen and oxygen atoms in total. The first-order valence-corrected chi connectivity index (χ1v) is 14.7. The average Bonchev–Trinajstić information content (AvgIpc) is 3.17. The molecule has 4 aliphatic rings. The zero-order chi connectivity index (χ0) is 30.7. The monoisotopic (exact) mass is 596 g/mol. The van der Waals surface area contributed by atoms with E-state index in [0.29, 0.717) is 6.42 Å². The van der Waals surface area contributed by atoms with Gasteiger partial charge in [-0.3, -0.25) is 4.79 Å². The Morgan fingerprint density at radius 3 is 2.12 bits per heavy atom. The molecule has 2 aromatic carbocycles. The first kappa shape index (κ1) is 30.4. The Morgan fingerprint density at radius 2 is 1.51 bits per heavy atom. The van der Waals surface area contributed by atoms with E-state index in [-0.39, 0.29) is 51.1 Å². The second-order valence-electron chi connectivity index (χ2n) is 12.5. The lowest BCUT2D eigenvalue weighted by Gasteiger charge is -2.63. The van der Waals surface area contributed by atoms with E-state index in [4.69, 9.17) is 23.7 Å². The van der Waals surface area contributed by atoms with Crippen LogP contribution in [0.2, 0.25) is 0 Å². The number of aliphatic hydroxyl groups excluding tert-OH is 2. The van der Waals surface area contributed by atoms with Crippen LogP contribution < -0.4 is 0 Å². The van der Waals surface area contributed by atoms with Crippen LogP contribution in [0.4, 0.5) is 0 Å². The molecular formula is C33H40O10. The van der Waals surface area contributed by atoms with E-state index in [9.17, 15) is 25.2 Å². The van der Waals surface area contributed by atoms with Gasteiger partial charge in [0.25, 0.3) is 0 Å². The fourth-order valence-corrected chi connectivity index (χ4v) is 8.54. The average molecular weight is 597 g/mol. The lowest BCUT2D eigenvalue weighted by molar-refractivity contribution is -0.396. The Kier molecular flexibility index (Phi) is 7.59. The van der Waals surface area contributed by atoms with Crippen molar-refractivity contribution in [2.24, 2.45) is 11.3 Å². The maximum Gasteiger partial charge on any atom is 0.232 e. The summed E-state index contributed by atoms with van der Waals surface area (Å²) in [4.78, 5) is 13.8. The van der Waals surface area contributed by atoms with Crippen molar-refractivity contribution < 1.29 is 48.9 Å². The van der Waals surface area contributed by atoms with Gasteiger partial charge in [-0.1, -0.05) is 74.5 Å². The van der Waals surface area contributed by atoms with E-state index < -0.39 is 51.8 Å². The van der Waals surface area contributed by atoms with Gasteiger partial charge in [-0.05, 0) is 36.8 Å². The third-order valence-corrected chi connectivity index (χ3v) is 10.5. The van der Waals surface area contributed by atoms with Gasteiger partial charge in [-0.2, -0.15) is 0 Å². The first-order valence-electron chi connectivity index (χ1n) is 14.7. The molecule has 0 aromatic heterocycles. The lowest BCUT2D eigenvalue weighted by Crippen LogP contribution is -2.79. The van der Waals surface area contributed by atoms with Gasteiger partial charge in [-0.15, -0.1) is 0 Å². The summed E-state index contributed by atoms with van der Waals surface area (Å²) in [6.07, 6.45) is -1.98. The van der Waals surface area contributed by atoms with E-state index in [1.54, 1.807) is 6.92 Å². The molecule has 232 valence electrons. The molecule has 1 aliphatic heterocycles. The van der Waals surface area contributed by atoms with Crippen molar-refractivity contribution in [3.05, 3.63) is 83.1 Å². The molecule has 43 heavy (non-hydrogen) atoms. The minimum Gasteiger partial charge on any atom is -0.504 e. The molecule has 1 heterocycles. The van der Waals surface area contributed by atoms with Gasteiger partial charge in [0.15, 0.2) is 28.9 Å². The van der Waals surface area contributed by atoms with Crippen molar-refractivity contribution in [1.82, 2.24) is 0 Å². The molecule has 10 heteroatoms. The maximum atomic E-state index is 13.8. The maximum absolute atomic E-state index is 13.8. The van der Waals surface area contributed by atoms with Crippen LogP contribution in [0.3, 0.4) is 0 Å². The van der Waals surface area contributed by atoms with E-state index in [1.165, 1.54) is 6.92 Å². The number of ketones is 1. The molecule has 2 bridgehead atoms. The van der Waals surface area contributed by atoms with Crippen molar-refractivity contribution in [3.8, 4) is 0 Å². The summed E-state index contributed by atoms with van der Waals surface area (Å²) in [6.45, 7) is 4.93. The van der Waals surface area contributed by atoms with Crippen LogP contribution in [-0.4, -0.2) is 74.6 Å². The lowest BCUT2D eigenvalue weighted by atomic mass is 9.55. The van der Waals surface area contributed by atoms with Crippen LogP contribution in [0.1, 0.15) is 51.2 Å². The molecule has 0 spiro atoms. The Labute approximate surface area is 250 Å². The highest BCUT2D eigenvalue weighted by atomic mass is 16.7. The highest BCUT2D eigenvalue weighted by Crippen LogP contribution is 2.77. The fraction of sp³-hybridized carbons (Fsp3) is 0.545. The van der Waals surface area contributed by atoms with Crippen molar-refractivity contribution in [2.75, 3.05) is 13.6 Å². The Bertz CT molecular complexity index is 1380. The van der Waals surface area contributed by atoms with E-state index in [2.05, 4.69) is 0 Å². The smallest absolute Gasteiger partial charge is 0.232 e. The van der Waals surface area contributed by atoms with Crippen LogP contribution in [0, 0.1) is 11.3 Å². The van der Waals surface area contributed by atoms with E-state index >= 15 is 0 Å². The Morgan fingerprint density at radius 1 is 0.930 bits per heavy atom. The number of fused-ring (bicyclic) bond motifs is 2. The summed E-state index contributed by atoms with van der Waals surface area (Å²) in [6, 6.07) is 19.1. The highest BCUT2D eigenvalue weighted by molar-refractivity contribution is 6.07. The zero-order valence-electron chi connectivity index (χ0n) is 24.7. The standard InChI is InChI=1S/C33H40O10/c1-21-14-15-30(42-20-40-18-24-12-8-5-9-13-24)29(3)16-25(34)43-33(30,31(37)22(2)26(35)27(36)32(29,31)38)28(21)41-19-39-17-23-10-6-4-7-11-23/h4-13,21,25,28,34-35,37-38H,14-20H2,1-3H3/t21?,25?,28?,29?,30-,31?,32?,33?/m0/s1. The molecule has 4 N–H and O–H groups in total. The number of hydrogen-bond donors (Lipinski definition) is 4. The van der Waals surface area contributed by atoms with Crippen LogP contribution in [-0.2, 0) is 41.7 Å². The number of ether oxygens (including phenoxy) is 5. The van der Waals surface area contributed by atoms with Crippen molar-refractivity contribution in [1.29, 1.82) is 0 Å². The molecule has 8 atom stereocenters. The number of aliphatic hydroxyl groups is 4. The molecule has 7 unspecified atom stereocenters. The van der Waals surface area contributed by atoms with Crippen molar-refractivity contribution >= 4 is 5.78 Å². The molecule has 3 aliphatic carbocycles. The summed E-state index contributed by atoms with van der Waals surface area (Å²) in [7, 11) is 0. The second-order valence-corrected chi connectivity index (χ2v) is 12.5. The van der Waals surface area contributed by atoms with Crippen LogP contribution in [0.25, 0.3) is 0 Å². The topological polar surface area (TPSA) is 144 Å². The number of rotatable bonds is 10. The predicted molar refractivity (Wildman–Crippen MR) is 152 cm³/mol. The molecule has 1 saturated heterocycles. The highest BCUT2D eigenvalue weighted by Gasteiger charge is 2.97. The number of hydrogen-bond acceptors (Lipinski definition) is 10. The number of carbonyl (C=O) groups excluding carboxylic acids is 1. The number of benzene rings is 2. The van der Waals surface area contributed by atoms with Crippen molar-refractivity contribution in [2.45, 2.75) is 88.0 Å². The van der Waals surface area contributed by atoms with Gasteiger partial charge < -0.3 is 44.1 Å². The van der Waals surface area contributed by atoms with Crippen LogP contribution in [0.5, 0.6) is 0 Å².